The standard InChI is InChI=1S/C13H16FN3O/c14-10-1-3-11(4-2-10)17-8-7-16-6-5-15-9-12(16)13(17)18/h1-4,12,15H,5-9H2. The van der Waals surface area contributed by atoms with Crippen LogP contribution in [0, 0.1) is 5.82 Å². The zero-order chi connectivity index (χ0) is 12.5. The van der Waals surface area contributed by atoms with E-state index in [0.29, 0.717) is 13.1 Å². The molecule has 0 aliphatic carbocycles. The van der Waals surface area contributed by atoms with E-state index in [-0.39, 0.29) is 17.8 Å². The van der Waals surface area contributed by atoms with Crippen LogP contribution in [-0.4, -0.2) is 49.6 Å². The lowest BCUT2D eigenvalue weighted by atomic mass is 10.1. The molecule has 1 unspecified atom stereocenters. The van der Waals surface area contributed by atoms with E-state index in [0.717, 1.165) is 25.3 Å². The van der Waals surface area contributed by atoms with Crippen molar-refractivity contribution in [1.29, 1.82) is 0 Å². The summed E-state index contributed by atoms with van der Waals surface area (Å²) >= 11 is 0. The van der Waals surface area contributed by atoms with Crippen LogP contribution < -0.4 is 10.2 Å². The lowest BCUT2D eigenvalue weighted by Gasteiger charge is -2.43. The van der Waals surface area contributed by atoms with Crippen molar-refractivity contribution in [2.45, 2.75) is 6.04 Å². The highest BCUT2D eigenvalue weighted by Gasteiger charge is 2.36. The molecule has 2 saturated heterocycles. The van der Waals surface area contributed by atoms with E-state index in [9.17, 15) is 9.18 Å². The van der Waals surface area contributed by atoms with Gasteiger partial charge in [-0.3, -0.25) is 9.69 Å². The smallest absolute Gasteiger partial charge is 0.245 e. The Balaban J connectivity index is 1.81. The number of rotatable bonds is 1. The van der Waals surface area contributed by atoms with Crippen LogP contribution in [0.2, 0.25) is 0 Å². The second kappa shape index (κ2) is 4.66. The first-order chi connectivity index (χ1) is 8.75. The summed E-state index contributed by atoms with van der Waals surface area (Å²) in [5, 5.41) is 3.25. The summed E-state index contributed by atoms with van der Waals surface area (Å²) in [6, 6.07) is 6.05. The summed E-state index contributed by atoms with van der Waals surface area (Å²) < 4.78 is 12.9. The number of carbonyl (C=O) groups excluding carboxylic acids is 1. The van der Waals surface area contributed by atoms with E-state index < -0.39 is 0 Å². The number of carbonyl (C=O) groups is 1. The van der Waals surface area contributed by atoms with E-state index >= 15 is 0 Å². The average molecular weight is 249 g/mol. The molecule has 0 bridgehead atoms. The lowest BCUT2D eigenvalue weighted by molar-refractivity contribution is -0.126. The van der Waals surface area contributed by atoms with Crippen LogP contribution in [0.3, 0.4) is 0 Å². The van der Waals surface area contributed by atoms with Crippen molar-refractivity contribution in [2.24, 2.45) is 0 Å². The second-order valence-electron chi connectivity index (χ2n) is 4.72. The predicted molar refractivity (Wildman–Crippen MR) is 67.0 cm³/mol. The maximum absolute atomic E-state index is 12.9. The second-order valence-corrected chi connectivity index (χ2v) is 4.72. The first kappa shape index (κ1) is 11.6. The van der Waals surface area contributed by atoms with Gasteiger partial charge >= 0.3 is 0 Å². The van der Waals surface area contributed by atoms with Gasteiger partial charge in [0.2, 0.25) is 5.91 Å². The van der Waals surface area contributed by atoms with E-state index in [4.69, 9.17) is 0 Å². The van der Waals surface area contributed by atoms with Crippen molar-refractivity contribution in [2.75, 3.05) is 37.6 Å². The van der Waals surface area contributed by atoms with E-state index in [1.54, 1.807) is 17.0 Å². The fourth-order valence-corrected chi connectivity index (χ4v) is 2.65. The number of piperazine rings is 2. The zero-order valence-electron chi connectivity index (χ0n) is 10.1. The van der Waals surface area contributed by atoms with Crippen molar-refractivity contribution in [3.8, 4) is 0 Å². The predicted octanol–water partition coefficient (Wildman–Crippen LogP) is 0.446. The van der Waals surface area contributed by atoms with Gasteiger partial charge in [0, 0.05) is 38.4 Å². The molecule has 1 atom stereocenters. The normalized spacial score (nSPS) is 25.1. The molecule has 1 aromatic rings. The van der Waals surface area contributed by atoms with Gasteiger partial charge < -0.3 is 10.2 Å². The number of fused-ring (bicyclic) bond motifs is 1. The number of benzene rings is 1. The minimum atomic E-state index is -0.274. The largest absolute Gasteiger partial charge is 0.313 e. The van der Waals surface area contributed by atoms with Crippen molar-refractivity contribution in [3.05, 3.63) is 30.1 Å². The molecule has 96 valence electrons. The Hall–Kier alpha value is -1.46. The highest BCUT2D eigenvalue weighted by atomic mass is 19.1. The first-order valence-electron chi connectivity index (χ1n) is 6.27. The van der Waals surface area contributed by atoms with Gasteiger partial charge in [-0.1, -0.05) is 0 Å². The molecule has 0 radical (unpaired) electrons. The Morgan fingerprint density at radius 1 is 1.17 bits per heavy atom. The molecular formula is C13H16FN3O. The van der Waals surface area contributed by atoms with Gasteiger partial charge in [-0.05, 0) is 24.3 Å². The van der Waals surface area contributed by atoms with Crippen LogP contribution in [0.25, 0.3) is 0 Å². The van der Waals surface area contributed by atoms with E-state index in [1.807, 2.05) is 0 Å². The molecule has 1 N–H and O–H groups in total. The Morgan fingerprint density at radius 3 is 2.72 bits per heavy atom. The summed E-state index contributed by atoms with van der Waals surface area (Å²) in [5.41, 5.74) is 0.784. The molecule has 3 rings (SSSR count). The van der Waals surface area contributed by atoms with Crippen molar-refractivity contribution >= 4 is 11.6 Å². The fourth-order valence-electron chi connectivity index (χ4n) is 2.65. The van der Waals surface area contributed by atoms with Crippen LogP contribution in [0.5, 0.6) is 0 Å². The lowest BCUT2D eigenvalue weighted by Crippen LogP contribution is -2.64. The molecule has 2 aliphatic heterocycles. The maximum Gasteiger partial charge on any atom is 0.245 e. The highest BCUT2D eigenvalue weighted by Crippen LogP contribution is 2.21. The minimum Gasteiger partial charge on any atom is -0.313 e. The number of hydrogen-bond donors (Lipinski definition) is 1. The Morgan fingerprint density at radius 2 is 1.94 bits per heavy atom. The Bertz CT molecular complexity index is 448. The number of nitrogens with one attached hydrogen (secondary N) is 1. The van der Waals surface area contributed by atoms with Gasteiger partial charge in [0.15, 0.2) is 0 Å². The van der Waals surface area contributed by atoms with Gasteiger partial charge in [0.25, 0.3) is 0 Å². The first-order valence-corrected chi connectivity index (χ1v) is 6.27. The SMILES string of the molecule is O=C1C2CNCCN2CCN1c1ccc(F)cc1. The molecule has 2 aliphatic rings. The van der Waals surface area contributed by atoms with Crippen LogP contribution >= 0.6 is 0 Å². The van der Waals surface area contributed by atoms with Gasteiger partial charge in [-0.2, -0.15) is 0 Å². The number of nitrogens with zero attached hydrogens (tertiary/aromatic N) is 2. The molecular weight excluding hydrogens is 233 g/mol. The van der Waals surface area contributed by atoms with E-state index in [1.165, 1.54) is 12.1 Å². The molecule has 1 aromatic carbocycles. The van der Waals surface area contributed by atoms with Crippen LogP contribution in [-0.2, 0) is 4.79 Å². The maximum atomic E-state index is 12.9. The minimum absolute atomic E-state index is 0.0717. The number of amides is 1. The van der Waals surface area contributed by atoms with Gasteiger partial charge in [-0.15, -0.1) is 0 Å². The quantitative estimate of drug-likeness (QED) is 0.785. The molecule has 0 saturated carbocycles. The third-order valence-electron chi connectivity index (χ3n) is 3.65. The molecule has 0 spiro atoms. The topological polar surface area (TPSA) is 35.6 Å². The van der Waals surface area contributed by atoms with Crippen LogP contribution in [0.15, 0.2) is 24.3 Å². The van der Waals surface area contributed by atoms with Crippen molar-refractivity contribution in [3.63, 3.8) is 0 Å². The molecule has 5 heteroatoms. The number of hydrogen-bond acceptors (Lipinski definition) is 3. The van der Waals surface area contributed by atoms with Gasteiger partial charge in [-0.25, -0.2) is 4.39 Å². The molecule has 0 aromatic heterocycles. The third-order valence-corrected chi connectivity index (χ3v) is 3.65. The fraction of sp³-hybridized carbons (Fsp3) is 0.462. The molecule has 4 nitrogen and oxygen atoms in total. The molecule has 1 amide bonds. The Kier molecular flexibility index (Phi) is 3.01. The average Bonchev–Trinajstić information content (AvgIpc) is 2.41. The summed E-state index contributed by atoms with van der Waals surface area (Å²) in [5.74, 6) is -0.163. The van der Waals surface area contributed by atoms with Crippen LogP contribution in [0.4, 0.5) is 10.1 Å². The van der Waals surface area contributed by atoms with Crippen molar-refractivity contribution in [1.82, 2.24) is 10.2 Å². The summed E-state index contributed by atoms with van der Waals surface area (Å²) in [7, 11) is 0. The summed E-state index contributed by atoms with van der Waals surface area (Å²) in [6.07, 6.45) is 0. The third kappa shape index (κ3) is 2.00. The molecule has 18 heavy (non-hydrogen) atoms. The van der Waals surface area contributed by atoms with Gasteiger partial charge in [0.05, 0.1) is 0 Å². The molecule has 2 heterocycles. The van der Waals surface area contributed by atoms with E-state index in [2.05, 4.69) is 10.2 Å². The Labute approximate surface area is 105 Å². The highest BCUT2D eigenvalue weighted by molar-refractivity contribution is 5.98. The summed E-state index contributed by atoms with van der Waals surface area (Å²) in [4.78, 5) is 16.4. The summed E-state index contributed by atoms with van der Waals surface area (Å²) in [6.45, 7) is 4.14. The zero-order valence-corrected chi connectivity index (χ0v) is 10.1. The monoisotopic (exact) mass is 249 g/mol. The van der Waals surface area contributed by atoms with Crippen molar-refractivity contribution < 1.29 is 9.18 Å². The molecule has 2 fully saturated rings. The number of anilines is 1. The number of halogens is 1. The van der Waals surface area contributed by atoms with Gasteiger partial charge in [0.1, 0.15) is 11.9 Å². The van der Waals surface area contributed by atoms with Crippen LogP contribution in [0.1, 0.15) is 0 Å².